The van der Waals surface area contributed by atoms with Gasteiger partial charge in [0.05, 0.1) is 29.3 Å². The summed E-state index contributed by atoms with van der Waals surface area (Å²) in [6, 6.07) is 20.5. The van der Waals surface area contributed by atoms with E-state index in [0.717, 1.165) is 29.8 Å². The van der Waals surface area contributed by atoms with E-state index in [9.17, 15) is 41.0 Å². The summed E-state index contributed by atoms with van der Waals surface area (Å²) in [7, 11) is 1.31. The van der Waals surface area contributed by atoms with Crippen LogP contribution in [0.2, 0.25) is 0 Å². The number of carbonyl (C=O) groups is 2. The Kier molecular flexibility index (Phi) is 14.5. The third-order valence-electron chi connectivity index (χ3n) is 8.53. The average molecular weight is 779 g/mol. The van der Waals surface area contributed by atoms with Gasteiger partial charge in [0.1, 0.15) is 0 Å². The Morgan fingerprint density at radius 3 is 1.35 bits per heavy atom. The monoisotopic (exact) mass is 778 g/mol. The van der Waals surface area contributed by atoms with Crippen molar-refractivity contribution in [1.29, 1.82) is 0 Å². The van der Waals surface area contributed by atoms with Crippen LogP contribution in [0.3, 0.4) is 0 Å². The Balaban J connectivity index is 0.000000285. The molecule has 0 saturated carbocycles. The van der Waals surface area contributed by atoms with Crippen LogP contribution < -0.4 is 29.6 Å². The Bertz CT molecular complexity index is 2260. The molecule has 16 heteroatoms. The molecule has 0 atom stereocenters. The van der Waals surface area contributed by atoms with Crippen LogP contribution in [0.15, 0.2) is 84.9 Å². The van der Waals surface area contributed by atoms with Crippen molar-refractivity contribution < 1.29 is 80.8 Å². The topological polar surface area (TPSA) is 129 Å². The number of hydrogen-bond donors (Lipinski definition) is 1. The smallest absolute Gasteiger partial charge is 0.870 e. The number of carboxylic acid groups (broad SMARTS) is 1. The molecule has 6 aromatic rings. The van der Waals surface area contributed by atoms with Crippen LogP contribution in [0.1, 0.15) is 94.1 Å². The minimum atomic E-state index is -4.38. The van der Waals surface area contributed by atoms with E-state index in [1.165, 1.54) is 36.1 Å². The summed E-state index contributed by atoms with van der Waals surface area (Å²) in [4.78, 5) is 24.1. The van der Waals surface area contributed by atoms with Gasteiger partial charge in [-0.1, -0.05) is 48.5 Å². The van der Waals surface area contributed by atoms with E-state index in [2.05, 4.69) is 10.2 Å². The van der Waals surface area contributed by atoms with Crippen LogP contribution in [-0.2, 0) is 29.9 Å². The number of halogens is 6. The van der Waals surface area contributed by atoms with Crippen molar-refractivity contribution in [2.75, 3.05) is 7.11 Å². The molecular formula is C39H37F6N4NaO5. The molecule has 0 fully saturated rings. The Labute approximate surface area is 334 Å². The number of carboxylic acids is 1. The zero-order valence-electron chi connectivity index (χ0n) is 30.8. The molecule has 286 valence electrons. The predicted octanol–water partition coefficient (Wildman–Crippen LogP) is 6.77. The summed E-state index contributed by atoms with van der Waals surface area (Å²) >= 11 is 0. The zero-order chi connectivity index (χ0) is 38.8. The number of nitrogens with zero attached hydrogens (tertiary/aromatic N) is 4. The fraction of sp³-hybridized carbons (Fsp3) is 0.282. The van der Waals surface area contributed by atoms with E-state index < -0.39 is 35.4 Å². The molecule has 2 heterocycles. The SMILES string of the molecule is CC(C)n1nc2cccc(Cc3ccc(C(F)(F)F)cc3)c2c1C(=O)O.COC(=O)c1c2c(Cc3ccc(C(F)(F)F)cc3)cccc2nn1C(C)C.[Na+].[OH-]. The summed E-state index contributed by atoms with van der Waals surface area (Å²) in [6.45, 7) is 7.50. The van der Waals surface area contributed by atoms with Gasteiger partial charge in [-0.05, 0) is 99.2 Å². The van der Waals surface area contributed by atoms with E-state index >= 15 is 0 Å². The summed E-state index contributed by atoms with van der Waals surface area (Å²) < 4.78 is 84.4. The first-order valence-corrected chi connectivity index (χ1v) is 16.5. The van der Waals surface area contributed by atoms with Gasteiger partial charge in [-0.3, -0.25) is 9.36 Å². The average Bonchev–Trinajstić information content (AvgIpc) is 3.69. The van der Waals surface area contributed by atoms with Crippen LogP contribution in [0, 0.1) is 0 Å². The van der Waals surface area contributed by atoms with Crippen molar-refractivity contribution in [3.8, 4) is 0 Å². The van der Waals surface area contributed by atoms with Crippen molar-refractivity contribution >= 4 is 33.7 Å². The quantitative estimate of drug-likeness (QED) is 0.103. The maximum Gasteiger partial charge on any atom is 1.00 e. The number of carbonyl (C=O) groups excluding carboxylic acids is 1. The molecule has 0 amide bonds. The van der Waals surface area contributed by atoms with Gasteiger partial charge in [-0.25, -0.2) is 9.59 Å². The largest absolute Gasteiger partial charge is 1.00 e. The number of aromatic nitrogens is 4. The molecular weight excluding hydrogens is 741 g/mol. The third kappa shape index (κ3) is 9.95. The van der Waals surface area contributed by atoms with Crippen molar-refractivity contribution in [3.05, 3.63) is 130 Å². The maximum atomic E-state index is 12.8. The van der Waals surface area contributed by atoms with Gasteiger partial charge in [-0.15, -0.1) is 0 Å². The van der Waals surface area contributed by atoms with E-state index in [1.54, 1.807) is 28.9 Å². The zero-order valence-corrected chi connectivity index (χ0v) is 32.8. The fourth-order valence-electron chi connectivity index (χ4n) is 6.05. The number of fused-ring (bicyclic) bond motifs is 2. The van der Waals surface area contributed by atoms with Gasteiger partial charge >= 0.3 is 53.8 Å². The standard InChI is InChI=1S/C20H19F3N2O2.C19H17F3N2O2.Na.H2O/c1-12(2)25-18(19(26)27-3)17-14(5-4-6-16(17)24-25)11-13-7-9-15(10-8-13)20(21,22)23;1-11(2)24-17(18(25)26)16-13(4-3-5-15(16)23-24)10-12-6-8-14(9-7-12)19(20,21)22;;/h4-10,12H,11H2,1-3H3;3-9,11H,10H2,1-2H3,(H,25,26);;1H2/q;;+1;/p-1. The van der Waals surface area contributed by atoms with E-state index in [0.29, 0.717) is 57.0 Å². The van der Waals surface area contributed by atoms with Crippen LogP contribution in [0.25, 0.3) is 21.8 Å². The van der Waals surface area contributed by atoms with Crippen molar-refractivity contribution in [3.63, 3.8) is 0 Å². The molecule has 0 saturated heterocycles. The molecule has 55 heavy (non-hydrogen) atoms. The molecule has 0 aliphatic carbocycles. The third-order valence-corrected chi connectivity index (χ3v) is 8.53. The molecule has 4 aromatic carbocycles. The summed E-state index contributed by atoms with van der Waals surface area (Å²) in [5, 5.41) is 19.7. The number of benzene rings is 4. The summed E-state index contributed by atoms with van der Waals surface area (Å²) in [5.41, 5.74) is 3.15. The van der Waals surface area contributed by atoms with Gasteiger partial charge in [0, 0.05) is 22.9 Å². The maximum absolute atomic E-state index is 12.8. The molecule has 0 unspecified atom stereocenters. The number of aromatic carboxylic acids is 1. The first-order valence-electron chi connectivity index (χ1n) is 16.5. The first kappa shape index (κ1) is 44.7. The van der Waals surface area contributed by atoms with Gasteiger partial charge in [0.2, 0.25) is 0 Å². The number of hydrogen-bond acceptors (Lipinski definition) is 6. The molecule has 0 bridgehead atoms. The van der Waals surface area contributed by atoms with Crippen LogP contribution in [-0.4, -0.2) is 49.2 Å². The molecule has 6 rings (SSSR count). The molecule has 0 radical (unpaired) electrons. The van der Waals surface area contributed by atoms with Gasteiger partial charge < -0.3 is 15.3 Å². The molecule has 0 aliphatic rings. The normalized spacial score (nSPS) is 11.6. The Morgan fingerprint density at radius 2 is 1.02 bits per heavy atom. The van der Waals surface area contributed by atoms with E-state index in [-0.39, 0.29) is 52.8 Å². The van der Waals surface area contributed by atoms with Gasteiger partial charge in [0.25, 0.3) is 0 Å². The number of rotatable bonds is 8. The molecule has 2 aromatic heterocycles. The minimum absolute atomic E-state index is 0. The Hall–Kier alpha value is -4.70. The first-order chi connectivity index (χ1) is 24.9. The summed E-state index contributed by atoms with van der Waals surface area (Å²) in [6.07, 6.45) is -8.05. The van der Waals surface area contributed by atoms with Gasteiger partial charge in [0.15, 0.2) is 11.4 Å². The number of methoxy groups -OCH3 is 1. The predicted molar refractivity (Wildman–Crippen MR) is 189 cm³/mol. The molecule has 2 N–H and O–H groups in total. The van der Waals surface area contributed by atoms with E-state index in [4.69, 9.17) is 4.74 Å². The summed E-state index contributed by atoms with van der Waals surface area (Å²) in [5.74, 6) is -1.58. The second-order valence-electron chi connectivity index (χ2n) is 12.9. The number of ether oxygens (including phenoxy) is 1. The molecule has 0 aliphatic heterocycles. The fourth-order valence-corrected chi connectivity index (χ4v) is 6.05. The molecule has 9 nitrogen and oxygen atoms in total. The van der Waals surface area contributed by atoms with Crippen LogP contribution in [0.4, 0.5) is 26.3 Å². The second-order valence-corrected chi connectivity index (χ2v) is 12.9. The van der Waals surface area contributed by atoms with Gasteiger partial charge in [-0.2, -0.15) is 36.5 Å². The van der Waals surface area contributed by atoms with Crippen molar-refractivity contribution in [2.45, 2.75) is 65.0 Å². The Morgan fingerprint density at radius 1 is 0.655 bits per heavy atom. The van der Waals surface area contributed by atoms with Crippen LogP contribution in [0.5, 0.6) is 0 Å². The number of alkyl halides is 6. The molecule has 0 spiro atoms. The second kappa shape index (κ2) is 17.8. The van der Waals surface area contributed by atoms with Crippen LogP contribution >= 0.6 is 0 Å². The van der Waals surface area contributed by atoms with Crippen molar-refractivity contribution in [2.24, 2.45) is 0 Å². The minimum Gasteiger partial charge on any atom is -0.870 e. The van der Waals surface area contributed by atoms with Crippen molar-refractivity contribution in [1.82, 2.24) is 19.6 Å². The number of esters is 1. The van der Waals surface area contributed by atoms with E-state index in [1.807, 2.05) is 39.8 Å².